The molecule has 0 amide bonds. The zero-order chi connectivity index (χ0) is 14.3. The Morgan fingerprint density at radius 2 is 1.85 bits per heavy atom. The lowest BCUT2D eigenvalue weighted by Gasteiger charge is -2.41. The summed E-state index contributed by atoms with van der Waals surface area (Å²) in [5.74, 6) is 1.59. The Morgan fingerprint density at radius 1 is 1.15 bits per heavy atom. The van der Waals surface area contributed by atoms with Gasteiger partial charge in [0.15, 0.2) is 0 Å². The van der Waals surface area contributed by atoms with Crippen molar-refractivity contribution in [2.24, 2.45) is 11.8 Å². The SMILES string of the molecule is CCCNCC1(OCC2CCOCC2)CCC(C)CC1. The van der Waals surface area contributed by atoms with Crippen molar-refractivity contribution >= 4 is 0 Å². The second-order valence-electron chi connectivity index (χ2n) is 6.91. The lowest BCUT2D eigenvalue weighted by atomic mass is 9.79. The van der Waals surface area contributed by atoms with Crippen LogP contribution >= 0.6 is 0 Å². The van der Waals surface area contributed by atoms with Gasteiger partial charge in [-0.1, -0.05) is 13.8 Å². The minimum absolute atomic E-state index is 0.111. The quantitative estimate of drug-likeness (QED) is 0.727. The zero-order valence-electron chi connectivity index (χ0n) is 13.5. The van der Waals surface area contributed by atoms with Crippen molar-refractivity contribution in [1.82, 2.24) is 5.32 Å². The summed E-state index contributed by atoms with van der Waals surface area (Å²) >= 11 is 0. The number of ether oxygens (including phenoxy) is 2. The lowest BCUT2D eigenvalue weighted by molar-refractivity contribution is -0.0979. The van der Waals surface area contributed by atoms with Gasteiger partial charge >= 0.3 is 0 Å². The summed E-state index contributed by atoms with van der Waals surface area (Å²) in [4.78, 5) is 0. The Bertz CT molecular complexity index is 256. The molecule has 1 saturated carbocycles. The molecule has 118 valence electrons. The third-order valence-electron chi connectivity index (χ3n) is 5.03. The summed E-state index contributed by atoms with van der Waals surface area (Å²) in [5.41, 5.74) is 0.111. The molecule has 2 fully saturated rings. The molecule has 0 bridgehead atoms. The van der Waals surface area contributed by atoms with E-state index in [1.807, 2.05) is 0 Å². The summed E-state index contributed by atoms with van der Waals surface area (Å²) in [6.07, 6.45) is 8.65. The van der Waals surface area contributed by atoms with E-state index in [1.165, 1.54) is 44.9 Å². The van der Waals surface area contributed by atoms with Crippen LogP contribution in [-0.4, -0.2) is 38.5 Å². The lowest BCUT2D eigenvalue weighted by Crippen LogP contribution is -2.47. The molecule has 0 unspecified atom stereocenters. The van der Waals surface area contributed by atoms with Crippen molar-refractivity contribution in [3.63, 3.8) is 0 Å². The molecule has 0 aromatic rings. The van der Waals surface area contributed by atoms with Crippen LogP contribution in [0.3, 0.4) is 0 Å². The zero-order valence-corrected chi connectivity index (χ0v) is 13.5. The average molecular weight is 283 g/mol. The topological polar surface area (TPSA) is 30.5 Å². The predicted octanol–water partition coefficient (Wildman–Crippen LogP) is 3.38. The average Bonchev–Trinajstić information content (AvgIpc) is 2.49. The van der Waals surface area contributed by atoms with E-state index < -0.39 is 0 Å². The van der Waals surface area contributed by atoms with E-state index in [4.69, 9.17) is 9.47 Å². The van der Waals surface area contributed by atoms with Gasteiger partial charge in [-0.3, -0.25) is 0 Å². The molecule has 0 spiro atoms. The molecular formula is C17H33NO2. The first-order valence-electron chi connectivity index (χ1n) is 8.66. The molecule has 2 aliphatic rings. The molecule has 0 radical (unpaired) electrons. The van der Waals surface area contributed by atoms with Crippen molar-refractivity contribution in [3.05, 3.63) is 0 Å². The van der Waals surface area contributed by atoms with E-state index >= 15 is 0 Å². The maximum atomic E-state index is 6.49. The molecule has 1 saturated heterocycles. The Kier molecular flexibility index (Phi) is 6.79. The second kappa shape index (κ2) is 8.35. The molecule has 1 aliphatic heterocycles. The fraction of sp³-hybridized carbons (Fsp3) is 1.00. The van der Waals surface area contributed by atoms with Crippen LogP contribution in [0.15, 0.2) is 0 Å². The van der Waals surface area contributed by atoms with Crippen molar-refractivity contribution in [2.45, 2.75) is 64.4 Å². The van der Waals surface area contributed by atoms with Crippen molar-refractivity contribution in [1.29, 1.82) is 0 Å². The molecule has 0 atom stereocenters. The third kappa shape index (κ3) is 5.01. The van der Waals surface area contributed by atoms with E-state index in [9.17, 15) is 0 Å². The van der Waals surface area contributed by atoms with Gasteiger partial charge in [-0.25, -0.2) is 0 Å². The molecular weight excluding hydrogens is 250 g/mol. The van der Waals surface area contributed by atoms with Gasteiger partial charge in [-0.15, -0.1) is 0 Å². The second-order valence-corrected chi connectivity index (χ2v) is 6.91. The highest BCUT2D eigenvalue weighted by Crippen LogP contribution is 2.35. The van der Waals surface area contributed by atoms with E-state index in [0.717, 1.165) is 38.8 Å². The molecule has 1 heterocycles. The molecule has 3 heteroatoms. The Balaban J connectivity index is 1.81. The molecule has 1 N–H and O–H groups in total. The highest BCUT2D eigenvalue weighted by molar-refractivity contribution is 4.89. The maximum absolute atomic E-state index is 6.49. The molecule has 2 rings (SSSR count). The van der Waals surface area contributed by atoms with Crippen LogP contribution in [0.5, 0.6) is 0 Å². The van der Waals surface area contributed by atoms with Crippen molar-refractivity contribution in [3.8, 4) is 0 Å². The van der Waals surface area contributed by atoms with Gasteiger partial charge in [-0.2, -0.15) is 0 Å². The van der Waals surface area contributed by atoms with Crippen LogP contribution in [0.1, 0.15) is 58.8 Å². The summed E-state index contributed by atoms with van der Waals surface area (Å²) < 4.78 is 11.9. The molecule has 0 aromatic heterocycles. The van der Waals surface area contributed by atoms with Crippen LogP contribution in [0, 0.1) is 11.8 Å². The Labute approximate surface area is 124 Å². The van der Waals surface area contributed by atoms with Gasteiger partial charge in [0.05, 0.1) is 12.2 Å². The van der Waals surface area contributed by atoms with Crippen LogP contribution in [-0.2, 0) is 9.47 Å². The summed E-state index contributed by atoms with van der Waals surface area (Å²) in [6, 6.07) is 0. The first kappa shape index (κ1) is 16.3. The van der Waals surface area contributed by atoms with Crippen LogP contribution < -0.4 is 5.32 Å². The first-order chi connectivity index (χ1) is 9.74. The monoisotopic (exact) mass is 283 g/mol. The number of nitrogens with one attached hydrogen (secondary N) is 1. The normalized spacial score (nSPS) is 32.4. The van der Waals surface area contributed by atoms with E-state index in [1.54, 1.807) is 0 Å². The van der Waals surface area contributed by atoms with Crippen molar-refractivity contribution < 1.29 is 9.47 Å². The third-order valence-corrected chi connectivity index (χ3v) is 5.03. The van der Waals surface area contributed by atoms with Gasteiger partial charge in [0.1, 0.15) is 0 Å². The van der Waals surface area contributed by atoms with E-state index in [2.05, 4.69) is 19.2 Å². The standard InChI is InChI=1S/C17H33NO2/c1-3-10-18-14-17(8-4-15(2)5-9-17)20-13-16-6-11-19-12-7-16/h15-16,18H,3-14H2,1-2H3. The predicted molar refractivity (Wildman–Crippen MR) is 83.0 cm³/mol. The molecule has 0 aromatic carbocycles. The highest BCUT2D eigenvalue weighted by atomic mass is 16.5. The van der Waals surface area contributed by atoms with Gasteiger partial charge in [0.2, 0.25) is 0 Å². The Hall–Kier alpha value is -0.120. The van der Waals surface area contributed by atoms with Crippen molar-refractivity contribution in [2.75, 3.05) is 32.9 Å². The van der Waals surface area contributed by atoms with Crippen LogP contribution in [0.4, 0.5) is 0 Å². The Morgan fingerprint density at radius 3 is 2.50 bits per heavy atom. The van der Waals surface area contributed by atoms with Crippen LogP contribution in [0.25, 0.3) is 0 Å². The highest BCUT2D eigenvalue weighted by Gasteiger charge is 2.35. The number of hydrogen-bond acceptors (Lipinski definition) is 3. The molecule has 1 aliphatic carbocycles. The molecule has 3 nitrogen and oxygen atoms in total. The summed E-state index contributed by atoms with van der Waals surface area (Å²) in [7, 11) is 0. The minimum Gasteiger partial charge on any atom is -0.381 e. The number of hydrogen-bond donors (Lipinski definition) is 1. The van der Waals surface area contributed by atoms with Gasteiger partial charge in [0, 0.05) is 19.8 Å². The first-order valence-corrected chi connectivity index (χ1v) is 8.66. The minimum atomic E-state index is 0.111. The van der Waals surface area contributed by atoms with E-state index in [-0.39, 0.29) is 5.60 Å². The fourth-order valence-electron chi connectivity index (χ4n) is 3.36. The summed E-state index contributed by atoms with van der Waals surface area (Å²) in [5, 5.41) is 3.60. The van der Waals surface area contributed by atoms with E-state index in [0.29, 0.717) is 5.92 Å². The van der Waals surface area contributed by atoms with Gasteiger partial charge in [-0.05, 0) is 63.3 Å². The van der Waals surface area contributed by atoms with Crippen LogP contribution in [0.2, 0.25) is 0 Å². The molecule has 20 heavy (non-hydrogen) atoms. The maximum Gasteiger partial charge on any atom is 0.0806 e. The fourth-order valence-corrected chi connectivity index (χ4v) is 3.36. The van der Waals surface area contributed by atoms with Gasteiger partial charge in [0.25, 0.3) is 0 Å². The number of rotatable bonds is 7. The smallest absolute Gasteiger partial charge is 0.0806 e. The van der Waals surface area contributed by atoms with Gasteiger partial charge < -0.3 is 14.8 Å². The summed E-state index contributed by atoms with van der Waals surface area (Å²) in [6.45, 7) is 9.53. The largest absolute Gasteiger partial charge is 0.381 e.